The summed E-state index contributed by atoms with van der Waals surface area (Å²) >= 11 is 0. The number of aromatic nitrogens is 1. The van der Waals surface area contributed by atoms with Gasteiger partial charge in [-0.2, -0.15) is 4.31 Å². The molecule has 2 fully saturated rings. The van der Waals surface area contributed by atoms with Crippen LogP contribution in [0.5, 0.6) is 0 Å². The van der Waals surface area contributed by atoms with Crippen molar-refractivity contribution in [3.63, 3.8) is 0 Å². The van der Waals surface area contributed by atoms with Gasteiger partial charge in [-0.3, -0.25) is 4.79 Å². The molecule has 156 valence electrons. The van der Waals surface area contributed by atoms with Crippen LogP contribution >= 0.6 is 0 Å². The van der Waals surface area contributed by atoms with Crippen LogP contribution in [-0.4, -0.2) is 63.0 Å². The maximum atomic E-state index is 12.7. The molecule has 0 bridgehead atoms. The number of sulfonamides is 1. The van der Waals surface area contributed by atoms with Crippen LogP contribution < -0.4 is 10.2 Å². The molecule has 0 radical (unpaired) electrons. The number of carbonyl (C=O) groups excluding carboxylic acids is 1. The van der Waals surface area contributed by atoms with Crippen LogP contribution in [0, 0.1) is 6.92 Å². The van der Waals surface area contributed by atoms with E-state index in [-0.39, 0.29) is 16.4 Å². The molecule has 0 aliphatic carbocycles. The average Bonchev–Trinajstić information content (AvgIpc) is 3.40. The number of nitrogens with one attached hydrogen (secondary N) is 1. The van der Waals surface area contributed by atoms with Crippen LogP contribution in [0.2, 0.25) is 0 Å². The third kappa shape index (κ3) is 4.14. The van der Waals surface area contributed by atoms with E-state index in [4.69, 9.17) is 9.15 Å². The van der Waals surface area contributed by atoms with Crippen LogP contribution in [0.3, 0.4) is 0 Å². The Balaban J connectivity index is 1.46. The lowest BCUT2D eigenvalue weighted by Crippen LogP contribution is -2.36. The molecule has 2 aromatic rings. The van der Waals surface area contributed by atoms with Crippen LogP contribution in [0.15, 0.2) is 33.7 Å². The highest BCUT2D eigenvalue weighted by atomic mass is 32.2. The van der Waals surface area contributed by atoms with E-state index in [0.717, 1.165) is 31.6 Å². The standard InChI is InChI=1S/C19H24N4O5S/c1-14-17(29(25,26)23-6-2-3-7-23)12-16(28-14)19(24)21-18-5-4-15(13-20-18)22-8-10-27-11-9-22/h4-5,12-13H,2-3,6-11H2,1H3,(H,20,21,24). The number of ether oxygens (including phenoxy) is 1. The number of amides is 1. The fraction of sp³-hybridized carbons (Fsp3) is 0.474. The van der Waals surface area contributed by atoms with Gasteiger partial charge in [0.15, 0.2) is 5.76 Å². The first-order valence-electron chi connectivity index (χ1n) is 9.66. The highest BCUT2D eigenvalue weighted by molar-refractivity contribution is 7.89. The van der Waals surface area contributed by atoms with Crippen molar-refractivity contribution in [2.75, 3.05) is 49.6 Å². The number of nitrogens with zero attached hydrogens (tertiary/aromatic N) is 3. The Morgan fingerprint density at radius 2 is 1.86 bits per heavy atom. The maximum Gasteiger partial charge on any atom is 0.292 e. The quantitative estimate of drug-likeness (QED) is 0.787. The lowest BCUT2D eigenvalue weighted by molar-refractivity contribution is 0.0995. The molecule has 4 heterocycles. The van der Waals surface area contributed by atoms with Crippen molar-refractivity contribution in [2.24, 2.45) is 0 Å². The molecule has 1 N–H and O–H groups in total. The van der Waals surface area contributed by atoms with Crippen LogP contribution in [0.4, 0.5) is 11.5 Å². The molecule has 0 spiro atoms. The Bertz CT molecular complexity index is 975. The lowest BCUT2D eigenvalue weighted by Gasteiger charge is -2.28. The molecule has 0 unspecified atom stereocenters. The van der Waals surface area contributed by atoms with Crippen molar-refractivity contribution >= 4 is 27.4 Å². The summed E-state index contributed by atoms with van der Waals surface area (Å²) in [6, 6.07) is 4.88. The van der Waals surface area contributed by atoms with Gasteiger partial charge < -0.3 is 19.4 Å². The zero-order valence-electron chi connectivity index (χ0n) is 16.3. The van der Waals surface area contributed by atoms with E-state index in [0.29, 0.717) is 32.1 Å². The second kappa shape index (κ2) is 8.13. The second-order valence-corrected chi connectivity index (χ2v) is 9.00. The molecule has 10 heteroatoms. The number of morpholine rings is 1. The highest BCUT2D eigenvalue weighted by Crippen LogP contribution is 2.27. The Morgan fingerprint density at radius 1 is 1.14 bits per heavy atom. The molecule has 2 saturated heterocycles. The first kappa shape index (κ1) is 19.9. The number of aryl methyl sites for hydroxylation is 1. The summed E-state index contributed by atoms with van der Waals surface area (Å²) in [5.41, 5.74) is 0.958. The minimum atomic E-state index is -3.64. The largest absolute Gasteiger partial charge is 0.455 e. The van der Waals surface area contributed by atoms with Crippen molar-refractivity contribution in [3.05, 3.63) is 35.9 Å². The third-order valence-electron chi connectivity index (χ3n) is 5.14. The summed E-state index contributed by atoms with van der Waals surface area (Å²) in [6.07, 6.45) is 3.38. The summed E-state index contributed by atoms with van der Waals surface area (Å²) < 4.78 is 37.7. The smallest absolute Gasteiger partial charge is 0.292 e. The van der Waals surface area contributed by atoms with Gasteiger partial charge >= 0.3 is 0 Å². The van der Waals surface area contributed by atoms with Crippen LogP contribution in [0.25, 0.3) is 0 Å². The van der Waals surface area contributed by atoms with E-state index in [2.05, 4.69) is 15.2 Å². The molecule has 0 aromatic carbocycles. The molecular weight excluding hydrogens is 396 g/mol. The van der Waals surface area contributed by atoms with Crippen LogP contribution in [0.1, 0.15) is 29.2 Å². The third-order valence-corrected chi connectivity index (χ3v) is 7.15. The Morgan fingerprint density at radius 3 is 2.52 bits per heavy atom. The number of hydrogen-bond acceptors (Lipinski definition) is 7. The molecule has 9 nitrogen and oxygen atoms in total. The number of carbonyl (C=O) groups is 1. The predicted molar refractivity (Wildman–Crippen MR) is 107 cm³/mol. The van der Waals surface area contributed by atoms with Gasteiger partial charge in [0.1, 0.15) is 16.5 Å². The molecule has 2 aromatic heterocycles. The lowest BCUT2D eigenvalue weighted by atomic mass is 10.3. The van der Waals surface area contributed by atoms with Crippen molar-refractivity contribution in [2.45, 2.75) is 24.7 Å². The number of furan rings is 1. The Labute approximate surface area is 169 Å². The zero-order valence-corrected chi connectivity index (χ0v) is 17.1. The molecular formula is C19H24N4O5S. The molecule has 29 heavy (non-hydrogen) atoms. The van der Waals surface area contributed by atoms with Gasteiger partial charge in [0, 0.05) is 32.2 Å². The topological polar surface area (TPSA) is 105 Å². The molecule has 4 rings (SSSR count). The van der Waals surface area contributed by atoms with Crippen molar-refractivity contribution < 1.29 is 22.4 Å². The van der Waals surface area contributed by atoms with Gasteiger partial charge in [-0.1, -0.05) is 0 Å². The summed E-state index contributed by atoms with van der Waals surface area (Å²) in [6.45, 7) is 5.50. The van der Waals surface area contributed by atoms with E-state index in [1.54, 1.807) is 19.2 Å². The molecule has 2 aliphatic rings. The van der Waals surface area contributed by atoms with E-state index in [1.807, 2.05) is 6.07 Å². The minimum absolute atomic E-state index is 0.0418. The van der Waals surface area contributed by atoms with E-state index < -0.39 is 15.9 Å². The predicted octanol–water partition coefficient (Wildman–Crippen LogP) is 1.86. The number of rotatable bonds is 5. The van der Waals surface area contributed by atoms with E-state index in [1.165, 1.54) is 10.4 Å². The van der Waals surface area contributed by atoms with Gasteiger partial charge in [0.25, 0.3) is 5.91 Å². The van der Waals surface area contributed by atoms with Gasteiger partial charge in [-0.05, 0) is 31.9 Å². The van der Waals surface area contributed by atoms with E-state index in [9.17, 15) is 13.2 Å². The summed E-state index contributed by atoms with van der Waals surface area (Å²) in [7, 11) is -3.64. The minimum Gasteiger partial charge on any atom is -0.455 e. The fourth-order valence-corrected chi connectivity index (χ4v) is 5.23. The summed E-state index contributed by atoms with van der Waals surface area (Å²) in [5.74, 6) is -0.0235. The van der Waals surface area contributed by atoms with E-state index >= 15 is 0 Å². The SMILES string of the molecule is Cc1oc(C(=O)Nc2ccc(N3CCOCC3)cn2)cc1S(=O)(=O)N1CCCC1. The highest BCUT2D eigenvalue weighted by Gasteiger charge is 2.31. The molecule has 1 amide bonds. The zero-order chi connectivity index (χ0) is 20.4. The Hall–Kier alpha value is -2.43. The van der Waals surface area contributed by atoms with Crippen molar-refractivity contribution in [3.8, 4) is 0 Å². The van der Waals surface area contributed by atoms with Crippen molar-refractivity contribution in [1.82, 2.24) is 9.29 Å². The van der Waals surface area contributed by atoms with Gasteiger partial charge in [-0.25, -0.2) is 13.4 Å². The van der Waals surface area contributed by atoms with Gasteiger partial charge in [0.2, 0.25) is 10.0 Å². The average molecular weight is 420 g/mol. The fourth-order valence-electron chi connectivity index (χ4n) is 3.55. The number of hydrogen-bond donors (Lipinski definition) is 1. The van der Waals surface area contributed by atoms with Crippen molar-refractivity contribution in [1.29, 1.82) is 0 Å². The summed E-state index contributed by atoms with van der Waals surface area (Å²) in [4.78, 5) is 19.0. The number of pyridine rings is 1. The number of anilines is 2. The Kier molecular flexibility index (Phi) is 5.57. The summed E-state index contributed by atoms with van der Waals surface area (Å²) in [5, 5.41) is 2.65. The first-order chi connectivity index (χ1) is 13.9. The monoisotopic (exact) mass is 420 g/mol. The normalized spacial score (nSPS) is 18.2. The second-order valence-electron chi connectivity index (χ2n) is 7.10. The van der Waals surface area contributed by atoms with Gasteiger partial charge in [-0.15, -0.1) is 0 Å². The molecule has 0 saturated carbocycles. The maximum absolute atomic E-state index is 12.7. The van der Waals surface area contributed by atoms with Crippen LogP contribution in [-0.2, 0) is 14.8 Å². The first-order valence-corrected chi connectivity index (χ1v) is 11.1. The molecule has 0 atom stereocenters. The molecule has 2 aliphatic heterocycles. The van der Waals surface area contributed by atoms with Gasteiger partial charge in [0.05, 0.1) is 25.1 Å².